The predicted molar refractivity (Wildman–Crippen MR) is 105 cm³/mol. The minimum Gasteiger partial charge on any atom is -0.497 e. The molecule has 0 N–H and O–H groups in total. The molecule has 0 bridgehead atoms. The summed E-state index contributed by atoms with van der Waals surface area (Å²) in [6.07, 6.45) is 1.87. The van der Waals surface area contributed by atoms with Crippen molar-refractivity contribution in [2.45, 2.75) is 39.0 Å². The lowest BCUT2D eigenvalue weighted by atomic mass is 9.96. The van der Waals surface area contributed by atoms with Gasteiger partial charge in [-0.05, 0) is 38.0 Å². The largest absolute Gasteiger partial charge is 0.497 e. The van der Waals surface area contributed by atoms with Crippen LogP contribution in [0.5, 0.6) is 5.75 Å². The summed E-state index contributed by atoms with van der Waals surface area (Å²) in [6.45, 7) is 4.97. The third-order valence-electron chi connectivity index (χ3n) is 5.27. The van der Waals surface area contributed by atoms with E-state index in [0.29, 0.717) is 42.2 Å². The second-order valence-electron chi connectivity index (χ2n) is 7.25. The number of rotatable bonds is 5. The van der Waals surface area contributed by atoms with E-state index >= 15 is 0 Å². The Kier molecular flexibility index (Phi) is 5.33. The molecular formula is C21H24N4O4. The minimum absolute atomic E-state index is 0.0544. The Morgan fingerprint density at radius 2 is 2.00 bits per heavy atom. The lowest BCUT2D eigenvalue weighted by Crippen LogP contribution is -2.39. The molecule has 152 valence electrons. The number of carbonyl (C=O) groups is 1. The van der Waals surface area contributed by atoms with Crippen molar-refractivity contribution in [1.29, 1.82) is 0 Å². The highest BCUT2D eigenvalue weighted by molar-refractivity contribution is 5.78. The summed E-state index contributed by atoms with van der Waals surface area (Å²) in [7, 11) is 1.62. The highest BCUT2D eigenvalue weighted by atomic mass is 16.5. The maximum atomic E-state index is 12.8. The van der Waals surface area contributed by atoms with Gasteiger partial charge in [0.05, 0.1) is 19.2 Å². The first-order valence-electron chi connectivity index (χ1n) is 9.72. The molecule has 0 radical (unpaired) electrons. The number of oxazole rings is 1. The lowest BCUT2D eigenvalue weighted by Gasteiger charge is -2.30. The molecule has 1 aromatic carbocycles. The third kappa shape index (κ3) is 4.16. The van der Waals surface area contributed by atoms with Crippen molar-refractivity contribution in [3.8, 4) is 17.2 Å². The summed E-state index contributed by atoms with van der Waals surface area (Å²) >= 11 is 0. The maximum Gasteiger partial charge on any atom is 0.228 e. The number of hydrogen-bond acceptors (Lipinski definition) is 7. The fourth-order valence-corrected chi connectivity index (χ4v) is 3.58. The molecule has 8 nitrogen and oxygen atoms in total. The minimum atomic E-state index is 0.0544. The molecular weight excluding hydrogens is 372 g/mol. The van der Waals surface area contributed by atoms with Crippen LogP contribution in [0.2, 0.25) is 0 Å². The van der Waals surface area contributed by atoms with E-state index in [9.17, 15) is 4.79 Å². The van der Waals surface area contributed by atoms with Crippen LogP contribution in [0, 0.1) is 13.8 Å². The smallest absolute Gasteiger partial charge is 0.228 e. The van der Waals surface area contributed by atoms with Gasteiger partial charge in [0.1, 0.15) is 11.5 Å². The zero-order chi connectivity index (χ0) is 20.4. The lowest BCUT2D eigenvalue weighted by molar-refractivity contribution is -0.131. The van der Waals surface area contributed by atoms with Crippen LogP contribution < -0.4 is 4.74 Å². The van der Waals surface area contributed by atoms with Gasteiger partial charge < -0.3 is 18.5 Å². The molecule has 0 unspecified atom stereocenters. The fourth-order valence-electron chi connectivity index (χ4n) is 3.58. The molecule has 3 heterocycles. The van der Waals surface area contributed by atoms with Crippen molar-refractivity contribution in [2.75, 3.05) is 20.2 Å². The number of carbonyl (C=O) groups excluding carboxylic acids is 1. The summed E-state index contributed by atoms with van der Waals surface area (Å²) in [4.78, 5) is 19.2. The normalized spacial score (nSPS) is 14.9. The number of nitrogens with zero attached hydrogens (tertiary/aromatic N) is 4. The van der Waals surface area contributed by atoms with E-state index in [2.05, 4.69) is 15.2 Å². The number of aromatic nitrogens is 3. The Morgan fingerprint density at radius 1 is 1.21 bits per heavy atom. The van der Waals surface area contributed by atoms with Crippen LogP contribution in [0.4, 0.5) is 0 Å². The molecule has 1 saturated heterocycles. The van der Waals surface area contributed by atoms with Gasteiger partial charge in [-0.15, -0.1) is 10.2 Å². The van der Waals surface area contributed by atoms with Gasteiger partial charge in [-0.1, -0.05) is 6.07 Å². The molecule has 29 heavy (non-hydrogen) atoms. The molecule has 8 heteroatoms. The first kappa shape index (κ1) is 19.2. The maximum absolute atomic E-state index is 12.8. The molecule has 3 aromatic rings. The van der Waals surface area contributed by atoms with Gasteiger partial charge in [0, 0.05) is 31.5 Å². The van der Waals surface area contributed by atoms with E-state index < -0.39 is 0 Å². The monoisotopic (exact) mass is 396 g/mol. The molecule has 1 amide bonds. The van der Waals surface area contributed by atoms with Crippen LogP contribution in [0.3, 0.4) is 0 Å². The van der Waals surface area contributed by atoms with Gasteiger partial charge >= 0.3 is 0 Å². The van der Waals surface area contributed by atoms with Crippen LogP contribution in [0.1, 0.15) is 42.0 Å². The van der Waals surface area contributed by atoms with E-state index in [0.717, 1.165) is 24.2 Å². The molecule has 1 aliphatic heterocycles. The van der Waals surface area contributed by atoms with Gasteiger partial charge in [-0.25, -0.2) is 4.98 Å². The van der Waals surface area contributed by atoms with Crippen molar-refractivity contribution < 1.29 is 18.4 Å². The van der Waals surface area contributed by atoms with E-state index in [1.54, 1.807) is 14.0 Å². The Morgan fingerprint density at radius 3 is 2.69 bits per heavy atom. The predicted octanol–water partition coefficient (Wildman–Crippen LogP) is 3.30. The number of piperidine rings is 1. The molecule has 2 aromatic heterocycles. The second-order valence-corrected chi connectivity index (χ2v) is 7.25. The van der Waals surface area contributed by atoms with Crippen molar-refractivity contribution in [1.82, 2.24) is 20.1 Å². The van der Waals surface area contributed by atoms with E-state index in [-0.39, 0.29) is 18.2 Å². The Bertz CT molecular complexity index is 1000. The Hall–Kier alpha value is -3.16. The number of ether oxygens (including phenoxy) is 1. The summed E-state index contributed by atoms with van der Waals surface area (Å²) in [5.41, 5.74) is 1.49. The van der Waals surface area contributed by atoms with Gasteiger partial charge in [-0.3, -0.25) is 4.79 Å². The Labute approximate surface area is 168 Å². The zero-order valence-corrected chi connectivity index (χ0v) is 16.8. The molecule has 0 aliphatic carbocycles. The molecule has 0 saturated carbocycles. The van der Waals surface area contributed by atoms with Crippen LogP contribution in [0.15, 0.2) is 33.1 Å². The summed E-state index contributed by atoms with van der Waals surface area (Å²) in [5, 5.41) is 8.01. The van der Waals surface area contributed by atoms with E-state index in [4.69, 9.17) is 13.6 Å². The molecule has 4 rings (SSSR count). The van der Waals surface area contributed by atoms with Crippen molar-refractivity contribution >= 4 is 5.91 Å². The van der Waals surface area contributed by atoms with Crippen LogP contribution in [-0.4, -0.2) is 46.2 Å². The van der Waals surface area contributed by atoms with Crippen LogP contribution in [0.25, 0.3) is 11.5 Å². The first-order valence-corrected chi connectivity index (χ1v) is 9.72. The quantitative estimate of drug-likeness (QED) is 0.653. The van der Waals surface area contributed by atoms with Gasteiger partial charge in [0.15, 0.2) is 0 Å². The van der Waals surface area contributed by atoms with Gasteiger partial charge in [0.2, 0.25) is 23.6 Å². The van der Waals surface area contributed by atoms with E-state index in [1.165, 1.54) is 0 Å². The molecule has 0 spiro atoms. The Balaban J connectivity index is 1.39. The number of amides is 1. The average Bonchev–Trinajstić information content (AvgIpc) is 3.34. The molecule has 1 fully saturated rings. The van der Waals surface area contributed by atoms with Crippen LogP contribution >= 0.6 is 0 Å². The fraction of sp³-hybridized carbons (Fsp3) is 0.429. The third-order valence-corrected chi connectivity index (χ3v) is 5.27. The van der Waals surface area contributed by atoms with Gasteiger partial charge in [-0.2, -0.15) is 0 Å². The number of hydrogen-bond donors (Lipinski definition) is 0. The highest BCUT2D eigenvalue weighted by Crippen LogP contribution is 2.28. The van der Waals surface area contributed by atoms with Crippen molar-refractivity contribution in [2.24, 2.45) is 0 Å². The number of aryl methyl sites for hydroxylation is 2. The zero-order valence-electron chi connectivity index (χ0n) is 16.8. The van der Waals surface area contributed by atoms with Crippen LogP contribution in [-0.2, 0) is 11.2 Å². The number of methoxy groups -OCH3 is 1. The standard InChI is InChI=1S/C21H24N4O4/c1-13-18(22-20(28-13)16-5-4-6-17(11-16)27-3)12-19(26)25-9-7-15(8-10-25)21-24-23-14(2)29-21/h4-6,11,15H,7-10,12H2,1-3H3. The topological polar surface area (TPSA) is 94.5 Å². The number of benzene rings is 1. The molecule has 0 atom stereocenters. The van der Waals surface area contributed by atoms with Crippen molar-refractivity contribution in [3.63, 3.8) is 0 Å². The molecule has 1 aliphatic rings. The summed E-state index contributed by atoms with van der Waals surface area (Å²) in [6, 6.07) is 7.51. The SMILES string of the molecule is COc1cccc(-c2nc(CC(=O)N3CCC(c4nnc(C)o4)CC3)c(C)o2)c1. The van der Waals surface area contributed by atoms with E-state index in [1.807, 2.05) is 36.1 Å². The second kappa shape index (κ2) is 8.06. The first-order chi connectivity index (χ1) is 14.0. The summed E-state index contributed by atoms with van der Waals surface area (Å²) in [5.74, 6) is 3.40. The number of likely N-dealkylation sites (tertiary alicyclic amines) is 1. The van der Waals surface area contributed by atoms with Crippen molar-refractivity contribution in [3.05, 3.63) is 47.5 Å². The average molecular weight is 396 g/mol. The van der Waals surface area contributed by atoms with Gasteiger partial charge in [0.25, 0.3) is 0 Å². The highest BCUT2D eigenvalue weighted by Gasteiger charge is 2.28. The summed E-state index contributed by atoms with van der Waals surface area (Å²) < 4.78 is 16.6.